The molecule has 0 unspecified atom stereocenters. The van der Waals surface area contributed by atoms with Crippen molar-refractivity contribution in [2.24, 2.45) is 5.14 Å². The number of carbonyl (C=O) groups is 2. The van der Waals surface area contributed by atoms with Crippen molar-refractivity contribution in [2.45, 2.75) is 11.4 Å². The van der Waals surface area contributed by atoms with Crippen molar-refractivity contribution < 1.29 is 27.5 Å². The Labute approximate surface area is 211 Å². The number of piperazine rings is 1. The van der Waals surface area contributed by atoms with Crippen LogP contribution in [-0.4, -0.2) is 68.0 Å². The van der Waals surface area contributed by atoms with Crippen molar-refractivity contribution in [3.63, 3.8) is 0 Å². The number of nitrogens with zero attached hydrogens (tertiary/aromatic N) is 3. The van der Waals surface area contributed by atoms with Crippen LogP contribution in [0.4, 0.5) is 5.13 Å². The number of hydrogen-bond acceptors (Lipinski definition) is 9. The van der Waals surface area contributed by atoms with Crippen LogP contribution in [0.15, 0.2) is 52.7 Å². The average Bonchev–Trinajstić information content (AvgIpc) is 3.53. The van der Waals surface area contributed by atoms with Crippen LogP contribution in [-0.2, 0) is 16.6 Å². The fourth-order valence-electron chi connectivity index (χ4n) is 3.96. The Balaban J connectivity index is 1.14. The topological polar surface area (TPSA) is 144 Å². The number of ether oxygens (including phenoxy) is 2. The van der Waals surface area contributed by atoms with Crippen LogP contribution < -0.4 is 19.9 Å². The molecule has 2 aliphatic rings. The second-order valence-corrected chi connectivity index (χ2v) is 10.7. The van der Waals surface area contributed by atoms with Gasteiger partial charge in [0.05, 0.1) is 4.90 Å². The van der Waals surface area contributed by atoms with Crippen molar-refractivity contribution >= 4 is 38.3 Å². The molecule has 3 aromatic rings. The second-order valence-electron chi connectivity index (χ2n) is 8.32. The average molecular weight is 530 g/mol. The molecule has 36 heavy (non-hydrogen) atoms. The zero-order valence-corrected chi connectivity index (χ0v) is 20.7. The molecule has 1 aromatic heterocycles. The van der Waals surface area contributed by atoms with Crippen LogP contribution in [0.25, 0.3) is 0 Å². The number of fused-ring (bicyclic) bond motifs is 1. The number of primary sulfonamides is 1. The predicted molar refractivity (Wildman–Crippen MR) is 132 cm³/mol. The molecular weight excluding hydrogens is 506 g/mol. The van der Waals surface area contributed by atoms with E-state index in [1.807, 2.05) is 18.2 Å². The summed E-state index contributed by atoms with van der Waals surface area (Å²) in [6, 6.07) is 11.1. The van der Waals surface area contributed by atoms with Crippen LogP contribution in [0.3, 0.4) is 0 Å². The van der Waals surface area contributed by atoms with Gasteiger partial charge in [-0.3, -0.25) is 19.8 Å². The van der Waals surface area contributed by atoms with E-state index in [-0.39, 0.29) is 34.0 Å². The first kappa shape index (κ1) is 24.2. The van der Waals surface area contributed by atoms with Crippen LogP contribution in [0.2, 0.25) is 0 Å². The molecule has 0 saturated carbocycles. The first-order valence-corrected chi connectivity index (χ1v) is 13.5. The lowest BCUT2D eigenvalue weighted by Gasteiger charge is -2.34. The molecule has 5 rings (SSSR count). The number of nitrogens with two attached hydrogens (primary N) is 1. The molecule has 188 valence electrons. The minimum Gasteiger partial charge on any atom is -0.454 e. The molecule has 1 saturated heterocycles. The van der Waals surface area contributed by atoms with Crippen LogP contribution in [0.1, 0.15) is 26.4 Å². The van der Waals surface area contributed by atoms with Gasteiger partial charge >= 0.3 is 0 Å². The van der Waals surface area contributed by atoms with E-state index in [4.69, 9.17) is 14.6 Å². The van der Waals surface area contributed by atoms with E-state index in [1.54, 1.807) is 10.3 Å². The quantitative estimate of drug-likeness (QED) is 0.491. The molecule has 0 radical (unpaired) electrons. The van der Waals surface area contributed by atoms with E-state index in [1.165, 1.54) is 24.3 Å². The molecule has 1 fully saturated rings. The fourth-order valence-corrected chi connectivity index (χ4v) is 5.16. The van der Waals surface area contributed by atoms with Gasteiger partial charge in [-0.2, -0.15) is 0 Å². The van der Waals surface area contributed by atoms with E-state index in [0.29, 0.717) is 13.1 Å². The number of hydrogen-bond donors (Lipinski definition) is 2. The molecule has 0 aliphatic carbocycles. The molecule has 13 heteroatoms. The van der Waals surface area contributed by atoms with Crippen molar-refractivity contribution in [2.75, 3.05) is 38.3 Å². The van der Waals surface area contributed by atoms with Crippen LogP contribution in [0, 0.1) is 0 Å². The van der Waals surface area contributed by atoms with Gasteiger partial charge in [0.1, 0.15) is 5.69 Å². The Bertz CT molecular complexity index is 1400. The zero-order chi connectivity index (χ0) is 25.3. The molecule has 0 bridgehead atoms. The summed E-state index contributed by atoms with van der Waals surface area (Å²) in [4.78, 5) is 33.6. The highest BCUT2D eigenvalue weighted by Gasteiger charge is 2.25. The molecule has 11 nitrogen and oxygen atoms in total. The Hall–Kier alpha value is -3.52. The maximum Gasteiger partial charge on any atom is 0.273 e. The summed E-state index contributed by atoms with van der Waals surface area (Å²) < 4.78 is 33.5. The summed E-state index contributed by atoms with van der Waals surface area (Å²) in [5, 5.41) is 9.60. The summed E-state index contributed by atoms with van der Waals surface area (Å²) in [5.74, 6) is 0.856. The number of carbonyl (C=O) groups excluding carboxylic acids is 2. The summed E-state index contributed by atoms with van der Waals surface area (Å²) in [7, 11) is -3.84. The number of aromatic nitrogens is 1. The molecule has 3 heterocycles. The number of thiazole rings is 1. The molecule has 2 amide bonds. The summed E-state index contributed by atoms with van der Waals surface area (Å²) in [6.07, 6.45) is 0. The number of rotatable bonds is 6. The molecule has 2 aliphatic heterocycles. The number of anilines is 1. The smallest absolute Gasteiger partial charge is 0.273 e. The fraction of sp³-hybridized carbons (Fsp3) is 0.261. The van der Waals surface area contributed by atoms with Gasteiger partial charge < -0.3 is 14.4 Å². The maximum atomic E-state index is 12.9. The van der Waals surface area contributed by atoms with Crippen LogP contribution >= 0.6 is 11.3 Å². The summed E-state index contributed by atoms with van der Waals surface area (Å²) >= 11 is 1.15. The van der Waals surface area contributed by atoms with E-state index in [0.717, 1.165) is 48.0 Å². The molecule has 0 atom stereocenters. The largest absolute Gasteiger partial charge is 0.454 e. The molecule has 3 N–H and O–H groups in total. The van der Waals surface area contributed by atoms with Gasteiger partial charge in [0.15, 0.2) is 16.6 Å². The maximum absolute atomic E-state index is 12.9. The third-order valence-corrected chi connectivity index (χ3v) is 7.58. The summed E-state index contributed by atoms with van der Waals surface area (Å²) in [5.41, 5.74) is 1.63. The van der Waals surface area contributed by atoms with Gasteiger partial charge in [0, 0.05) is 43.7 Å². The first-order chi connectivity index (χ1) is 17.3. The van der Waals surface area contributed by atoms with E-state index >= 15 is 0 Å². The second kappa shape index (κ2) is 9.85. The number of sulfonamides is 1. The third kappa shape index (κ3) is 5.33. The predicted octanol–water partition coefficient (Wildman–Crippen LogP) is 1.73. The Morgan fingerprint density at radius 3 is 2.47 bits per heavy atom. The Kier molecular flexibility index (Phi) is 6.62. The van der Waals surface area contributed by atoms with Gasteiger partial charge in [-0.1, -0.05) is 6.07 Å². The monoisotopic (exact) mass is 529 g/mol. The molecule has 2 aromatic carbocycles. The van der Waals surface area contributed by atoms with Gasteiger partial charge in [-0.25, -0.2) is 18.5 Å². The van der Waals surface area contributed by atoms with Gasteiger partial charge in [0.2, 0.25) is 16.8 Å². The van der Waals surface area contributed by atoms with Crippen molar-refractivity contribution in [1.82, 2.24) is 14.8 Å². The number of benzene rings is 2. The van der Waals surface area contributed by atoms with Gasteiger partial charge in [-0.05, 0) is 42.0 Å². The number of nitrogens with one attached hydrogen (secondary N) is 1. The van der Waals surface area contributed by atoms with Crippen molar-refractivity contribution in [3.05, 3.63) is 64.7 Å². The number of amides is 2. The summed E-state index contributed by atoms with van der Waals surface area (Å²) in [6.45, 7) is 3.59. The van der Waals surface area contributed by atoms with Crippen molar-refractivity contribution in [3.8, 4) is 11.5 Å². The lowest BCUT2D eigenvalue weighted by atomic mass is 10.1. The van der Waals surface area contributed by atoms with Crippen LogP contribution in [0.5, 0.6) is 11.5 Å². The van der Waals surface area contributed by atoms with E-state index in [9.17, 15) is 18.0 Å². The first-order valence-electron chi connectivity index (χ1n) is 11.1. The van der Waals surface area contributed by atoms with E-state index in [2.05, 4.69) is 15.2 Å². The Morgan fingerprint density at radius 2 is 1.75 bits per heavy atom. The van der Waals surface area contributed by atoms with Crippen molar-refractivity contribution in [1.29, 1.82) is 0 Å². The minimum atomic E-state index is -3.84. The third-order valence-electron chi connectivity index (χ3n) is 5.89. The zero-order valence-electron chi connectivity index (χ0n) is 19.0. The molecule has 0 spiro atoms. The van der Waals surface area contributed by atoms with Gasteiger partial charge in [-0.15, -0.1) is 11.3 Å². The molecular formula is C23H23N5O6S2. The minimum absolute atomic E-state index is 0.0860. The normalized spacial score (nSPS) is 15.6. The lowest BCUT2D eigenvalue weighted by Crippen LogP contribution is -2.48. The van der Waals surface area contributed by atoms with E-state index < -0.39 is 15.9 Å². The van der Waals surface area contributed by atoms with Gasteiger partial charge in [0.25, 0.3) is 11.8 Å². The highest BCUT2D eigenvalue weighted by molar-refractivity contribution is 7.89. The highest BCUT2D eigenvalue weighted by atomic mass is 32.2. The Morgan fingerprint density at radius 1 is 1.03 bits per heavy atom. The lowest BCUT2D eigenvalue weighted by molar-refractivity contribution is 0.0623. The highest BCUT2D eigenvalue weighted by Crippen LogP contribution is 2.33. The SMILES string of the molecule is NS(=O)(=O)c1ccc(C(=O)Nc2nc(C(=O)N3CCN(Cc4ccc5c(c4)OCO5)CC3)cs2)cc1. The standard InChI is InChI=1S/C23H23N5O6S2/c24-36(31,32)17-4-2-16(3-5-17)21(29)26-23-25-18(13-35-23)22(30)28-9-7-27(8-10-28)12-15-1-6-19-20(11-15)34-14-33-19/h1-6,11,13H,7-10,12,14H2,(H2,24,31,32)(H,25,26,29).